The minimum Gasteiger partial charge on any atom is -0.464 e. The molecule has 9 heteroatoms. The summed E-state index contributed by atoms with van der Waals surface area (Å²) in [5, 5.41) is 9.80. The number of aliphatic hydroxyl groups excluding tert-OH is 1. The first-order chi connectivity index (χ1) is 36.5. The zero-order valence-electron chi connectivity index (χ0n) is 50.0. The lowest BCUT2D eigenvalue weighted by Gasteiger charge is -2.25. The van der Waals surface area contributed by atoms with Gasteiger partial charge in [-0.25, -0.2) is 0 Å². The highest BCUT2D eigenvalue weighted by Crippen LogP contribution is 2.17. The van der Waals surface area contributed by atoms with Crippen LogP contribution in [0.25, 0.3) is 0 Å². The Morgan fingerprint density at radius 3 is 0.649 bits per heavy atom. The Balaban J connectivity index is 4.50. The summed E-state index contributed by atoms with van der Waals surface area (Å²) in [4.78, 5) is 42.2. The molecule has 440 valence electrons. The zero-order chi connectivity index (χ0) is 53.7. The van der Waals surface area contributed by atoms with E-state index in [0.29, 0.717) is 65.3 Å². The van der Waals surface area contributed by atoms with Gasteiger partial charge in [0.15, 0.2) is 0 Å². The van der Waals surface area contributed by atoms with Crippen molar-refractivity contribution >= 4 is 17.9 Å². The smallest absolute Gasteiger partial charge is 0.305 e. The Labute approximate surface area is 460 Å². The van der Waals surface area contributed by atoms with Gasteiger partial charge in [0.25, 0.3) is 0 Å². The maximum atomic E-state index is 12.7. The predicted octanol–water partition coefficient (Wildman–Crippen LogP) is 18.4. The van der Waals surface area contributed by atoms with Crippen molar-refractivity contribution in [3.63, 3.8) is 0 Å². The molecule has 0 radical (unpaired) electrons. The minimum absolute atomic E-state index is 0.0431. The minimum atomic E-state index is -0.127. The third-order valence-electron chi connectivity index (χ3n) is 15.3. The maximum absolute atomic E-state index is 12.7. The summed E-state index contributed by atoms with van der Waals surface area (Å²) in [6.45, 7) is 11.6. The SMILES string of the molecule is CCCCCCCCCCCCCCCCCC(=O)OCCN(CCO)CCCN(CCOC(=O)CCCCCCCCCCCCCCCCC)CCOC(=O)CCCCCCCCCCCCCCCCC. The molecule has 0 aromatic rings. The fraction of sp³-hybridized carbons (Fsp3) is 0.954. The second-order valence-corrected chi connectivity index (χ2v) is 22.5. The average Bonchev–Trinajstić information content (AvgIpc) is 3.39. The van der Waals surface area contributed by atoms with E-state index in [1.165, 1.54) is 250 Å². The first-order valence-electron chi connectivity index (χ1n) is 33.0. The molecule has 0 aromatic heterocycles. The third kappa shape index (κ3) is 58.0. The normalized spacial score (nSPS) is 11.6. The number of unbranched alkanes of at least 4 members (excludes halogenated alkanes) is 42. The summed E-state index contributed by atoms with van der Waals surface area (Å²) in [7, 11) is 0. The Morgan fingerprint density at radius 2 is 0.446 bits per heavy atom. The molecule has 0 unspecified atom stereocenters. The van der Waals surface area contributed by atoms with Gasteiger partial charge in [-0.1, -0.05) is 290 Å². The zero-order valence-corrected chi connectivity index (χ0v) is 50.0. The number of hydrogen-bond donors (Lipinski definition) is 1. The molecular weight excluding hydrogens is 921 g/mol. The van der Waals surface area contributed by atoms with Crippen molar-refractivity contribution < 1.29 is 33.7 Å². The van der Waals surface area contributed by atoms with Crippen LogP contribution in [-0.2, 0) is 28.6 Å². The van der Waals surface area contributed by atoms with Crippen molar-refractivity contribution in [1.29, 1.82) is 0 Å². The number of carbonyl (C=O) groups is 3. The molecule has 0 rings (SSSR count). The molecule has 0 saturated carbocycles. The first-order valence-corrected chi connectivity index (χ1v) is 33.0. The van der Waals surface area contributed by atoms with E-state index in [1.807, 2.05) is 0 Å². The summed E-state index contributed by atoms with van der Waals surface area (Å²) >= 11 is 0. The lowest BCUT2D eigenvalue weighted by atomic mass is 10.0. The summed E-state index contributed by atoms with van der Waals surface area (Å²) in [6, 6.07) is 0. The van der Waals surface area contributed by atoms with E-state index >= 15 is 0 Å². The molecule has 9 nitrogen and oxygen atoms in total. The monoisotopic (exact) mass is 1050 g/mol. The van der Waals surface area contributed by atoms with Crippen molar-refractivity contribution in [2.45, 2.75) is 335 Å². The van der Waals surface area contributed by atoms with Gasteiger partial charge in [-0.2, -0.15) is 0 Å². The Kier molecular flexibility index (Phi) is 60.7. The van der Waals surface area contributed by atoms with Crippen LogP contribution in [0.5, 0.6) is 0 Å². The molecule has 0 heterocycles. The third-order valence-corrected chi connectivity index (χ3v) is 15.3. The Bertz CT molecular complexity index is 1090. The largest absolute Gasteiger partial charge is 0.464 e. The average molecular weight is 1050 g/mol. The molecule has 74 heavy (non-hydrogen) atoms. The number of esters is 3. The number of ether oxygens (including phenoxy) is 3. The number of nitrogens with zero attached hydrogens (tertiary/aromatic N) is 2. The highest BCUT2D eigenvalue weighted by atomic mass is 16.5. The molecule has 0 aliphatic heterocycles. The molecule has 0 spiro atoms. The van der Waals surface area contributed by atoms with E-state index in [-0.39, 0.29) is 24.5 Å². The number of carbonyl (C=O) groups excluding carboxylic acids is 3. The van der Waals surface area contributed by atoms with Crippen LogP contribution >= 0.6 is 0 Å². The van der Waals surface area contributed by atoms with Gasteiger partial charge in [-0.05, 0) is 38.8 Å². The van der Waals surface area contributed by atoms with Crippen LogP contribution in [0.4, 0.5) is 0 Å². The fourth-order valence-corrected chi connectivity index (χ4v) is 10.3. The van der Waals surface area contributed by atoms with Gasteiger partial charge in [0.05, 0.1) is 6.61 Å². The number of aliphatic hydroxyl groups is 1. The first kappa shape index (κ1) is 72.3. The number of hydrogen-bond acceptors (Lipinski definition) is 9. The fourth-order valence-electron chi connectivity index (χ4n) is 10.3. The van der Waals surface area contributed by atoms with Crippen molar-refractivity contribution in [3.8, 4) is 0 Å². The van der Waals surface area contributed by atoms with Gasteiger partial charge in [0.2, 0.25) is 0 Å². The van der Waals surface area contributed by atoms with Gasteiger partial charge in [-0.3, -0.25) is 24.2 Å². The molecule has 0 aromatic carbocycles. The molecule has 0 aliphatic carbocycles. The summed E-state index contributed by atoms with van der Waals surface area (Å²) in [6.07, 6.45) is 60.8. The summed E-state index contributed by atoms with van der Waals surface area (Å²) in [5.41, 5.74) is 0. The quantitative estimate of drug-likeness (QED) is 0.0362. The topological polar surface area (TPSA) is 106 Å². The van der Waals surface area contributed by atoms with E-state index in [0.717, 1.165) is 58.0 Å². The van der Waals surface area contributed by atoms with Crippen molar-refractivity contribution in [2.75, 3.05) is 65.7 Å². The molecule has 1 N–H and O–H groups in total. The number of rotatable bonds is 63. The van der Waals surface area contributed by atoms with Gasteiger partial charge < -0.3 is 19.3 Å². The standard InChI is InChI=1S/C65H128N2O7/c1-4-7-10-13-16-19-22-25-28-31-34-37-40-43-46-50-63(69)72-60-56-66(55-59-68)53-49-54-67(57-61-73-64(70)51-47-44-41-38-35-32-29-26-23-20-17-14-11-8-5-2)58-62-74-65(71)52-48-45-42-39-36-33-30-27-24-21-18-15-12-9-6-3/h68H,4-62H2,1-3H3. The van der Waals surface area contributed by atoms with Crippen molar-refractivity contribution in [1.82, 2.24) is 9.80 Å². The van der Waals surface area contributed by atoms with E-state index in [9.17, 15) is 19.5 Å². The predicted molar refractivity (Wildman–Crippen MR) is 316 cm³/mol. The lowest BCUT2D eigenvalue weighted by Crippen LogP contribution is -2.36. The van der Waals surface area contributed by atoms with Gasteiger partial charge >= 0.3 is 17.9 Å². The van der Waals surface area contributed by atoms with Gasteiger partial charge in [0, 0.05) is 45.4 Å². The second-order valence-electron chi connectivity index (χ2n) is 22.5. The van der Waals surface area contributed by atoms with Crippen LogP contribution < -0.4 is 0 Å². The van der Waals surface area contributed by atoms with E-state index in [1.54, 1.807) is 0 Å². The second kappa shape index (κ2) is 62.1. The molecule has 0 aliphatic rings. The van der Waals surface area contributed by atoms with Crippen LogP contribution in [-0.4, -0.2) is 98.5 Å². The van der Waals surface area contributed by atoms with Crippen molar-refractivity contribution in [2.24, 2.45) is 0 Å². The maximum Gasteiger partial charge on any atom is 0.305 e. The van der Waals surface area contributed by atoms with E-state index < -0.39 is 0 Å². The van der Waals surface area contributed by atoms with Gasteiger partial charge in [-0.15, -0.1) is 0 Å². The highest BCUT2D eigenvalue weighted by Gasteiger charge is 2.13. The highest BCUT2D eigenvalue weighted by molar-refractivity contribution is 5.69. The summed E-state index contributed by atoms with van der Waals surface area (Å²) in [5.74, 6) is -0.381. The van der Waals surface area contributed by atoms with E-state index in [2.05, 4.69) is 30.6 Å². The Hall–Kier alpha value is -1.71. The molecular formula is C65H128N2O7. The van der Waals surface area contributed by atoms with E-state index in [4.69, 9.17) is 14.2 Å². The lowest BCUT2D eigenvalue weighted by molar-refractivity contribution is -0.145. The van der Waals surface area contributed by atoms with Gasteiger partial charge in [0.1, 0.15) is 19.8 Å². The van der Waals surface area contributed by atoms with Crippen LogP contribution in [0.1, 0.15) is 335 Å². The molecule has 0 bridgehead atoms. The van der Waals surface area contributed by atoms with Crippen LogP contribution in [0.15, 0.2) is 0 Å². The molecule has 0 amide bonds. The molecule has 0 fully saturated rings. The molecule has 0 atom stereocenters. The Morgan fingerprint density at radius 1 is 0.257 bits per heavy atom. The van der Waals surface area contributed by atoms with Crippen LogP contribution in [0, 0.1) is 0 Å². The molecule has 0 saturated heterocycles. The summed E-state index contributed by atoms with van der Waals surface area (Å²) < 4.78 is 17.0. The van der Waals surface area contributed by atoms with Crippen LogP contribution in [0.2, 0.25) is 0 Å². The van der Waals surface area contributed by atoms with Crippen molar-refractivity contribution in [3.05, 3.63) is 0 Å². The van der Waals surface area contributed by atoms with Crippen LogP contribution in [0.3, 0.4) is 0 Å².